The molecule has 2 heterocycles. The lowest BCUT2D eigenvalue weighted by Crippen LogP contribution is -2.60. The molecule has 2 aliphatic rings. The summed E-state index contributed by atoms with van der Waals surface area (Å²) in [7, 11) is 1.47. The van der Waals surface area contributed by atoms with Gasteiger partial charge in [-0.25, -0.2) is 4.79 Å². The predicted molar refractivity (Wildman–Crippen MR) is 128 cm³/mol. The third kappa shape index (κ3) is 3.25. The Hall–Kier alpha value is -3.48. The van der Waals surface area contributed by atoms with Crippen molar-refractivity contribution in [1.29, 1.82) is 0 Å². The van der Waals surface area contributed by atoms with Crippen LogP contribution in [0.4, 0.5) is 4.79 Å². The molecule has 0 amide bonds. The smallest absolute Gasteiger partial charge is 0.493 e. The van der Waals surface area contributed by atoms with Crippen LogP contribution in [0, 0.1) is 17.8 Å². The highest BCUT2D eigenvalue weighted by molar-refractivity contribution is 5.87. The zero-order valence-electron chi connectivity index (χ0n) is 19.9. The first-order chi connectivity index (χ1) is 16.1. The van der Waals surface area contributed by atoms with Crippen LogP contribution in [0.5, 0.6) is 17.2 Å². The second-order valence-corrected chi connectivity index (χ2v) is 10.1. The summed E-state index contributed by atoms with van der Waals surface area (Å²) in [6.45, 7) is 8.56. The molecule has 2 N–H and O–H groups in total. The molecule has 1 aromatic heterocycles. The van der Waals surface area contributed by atoms with Gasteiger partial charge in [-0.1, -0.05) is 32.0 Å². The molecule has 1 aliphatic carbocycles. The highest BCUT2D eigenvalue weighted by Crippen LogP contribution is 2.67. The molecule has 7 nitrogen and oxygen atoms in total. The largest absolute Gasteiger partial charge is 0.511 e. The third-order valence-electron chi connectivity index (χ3n) is 7.55. The van der Waals surface area contributed by atoms with Crippen molar-refractivity contribution in [2.75, 3.05) is 7.11 Å². The van der Waals surface area contributed by atoms with E-state index in [0.29, 0.717) is 23.0 Å². The van der Waals surface area contributed by atoms with Crippen LogP contribution in [0.3, 0.4) is 0 Å². The number of hydrogen-bond donors (Lipinski definition) is 2. The van der Waals surface area contributed by atoms with Gasteiger partial charge in [0.1, 0.15) is 11.4 Å². The Balaban J connectivity index is 1.72. The van der Waals surface area contributed by atoms with Crippen molar-refractivity contribution in [3.05, 3.63) is 63.9 Å². The number of rotatable bonds is 4. The fraction of sp³-hybridized carbons (Fsp3) is 0.407. The lowest BCUT2D eigenvalue weighted by atomic mass is 9.45. The first kappa shape index (κ1) is 22.3. The van der Waals surface area contributed by atoms with E-state index in [-0.39, 0.29) is 35.0 Å². The van der Waals surface area contributed by atoms with Gasteiger partial charge in [0, 0.05) is 17.2 Å². The molecule has 0 unspecified atom stereocenters. The van der Waals surface area contributed by atoms with E-state index in [1.54, 1.807) is 12.1 Å². The number of carboxylic acid groups (broad SMARTS) is 1. The molecule has 1 saturated carbocycles. The quantitative estimate of drug-likeness (QED) is 0.390. The summed E-state index contributed by atoms with van der Waals surface area (Å²) in [4.78, 5) is 27.7. The number of benzene rings is 2. The first-order valence-electron chi connectivity index (χ1n) is 11.6. The average molecular weight is 464 g/mol. The average Bonchev–Trinajstić information content (AvgIpc) is 2.73. The van der Waals surface area contributed by atoms with Crippen LogP contribution in [-0.4, -0.2) is 29.0 Å². The molecule has 3 aromatic rings. The summed E-state index contributed by atoms with van der Waals surface area (Å²) in [6.07, 6.45) is -1.40. The number of pyridine rings is 1. The Labute approximate surface area is 197 Å². The second kappa shape index (κ2) is 7.79. The number of nitrogens with one attached hydrogen (secondary N) is 1. The fourth-order valence-electron chi connectivity index (χ4n) is 6.34. The molecular weight excluding hydrogens is 434 g/mol. The van der Waals surface area contributed by atoms with E-state index >= 15 is 0 Å². The van der Waals surface area contributed by atoms with Crippen molar-refractivity contribution in [1.82, 2.24) is 4.98 Å². The van der Waals surface area contributed by atoms with E-state index in [1.807, 2.05) is 30.3 Å². The standard InChI is InChI=1S/C27H29NO6/c1-13(2)19-20(14-10-11-17(32-5)18(12-14)33-26(30)31)21-22-24(34-27(3,4)23(19)21)15-8-6-7-9-16(15)28-25(22)29/h6-13,19-21,23H,1-5H3,(H,28,29)(H,30,31)/t19-,20-,21+,23+/m1/s1. The number of para-hydroxylation sites is 1. The van der Waals surface area contributed by atoms with Gasteiger partial charge < -0.3 is 24.3 Å². The number of methoxy groups -OCH3 is 1. The van der Waals surface area contributed by atoms with Crippen molar-refractivity contribution >= 4 is 17.1 Å². The monoisotopic (exact) mass is 463 g/mol. The van der Waals surface area contributed by atoms with Gasteiger partial charge >= 0.3 is 6.16 Å². The molecule has 2 aromatic carbocycles. The number of aromatic amines is 1. The molecule has 5 rings (SSSR count). The summed E-state index contributed by atoms with van der Waals surface area (Å²) in [6, 6.07) is 13.1. The Kier molecular flexibility index (Phi) is 5.11. The maximum absolute atomic E-state index is 13.4. The molecule has 34 heavy (non-hydrogen) atoms. The molecule has 0 radical (unpaired) electrons. The van der Waals surface area contributed by atoms with Gasteiger partial charge in [0.05, 0.1) is 18.2 Å². The SMILES string of the molecule is COc1ccc([C@H]2[C@H]3c4c(c5ccccc5[nH]c4=O)OC(C)(C)[C@H]3[C@@H]2C(C)C)cc1OC(=O)O. The van der Waals surface area contributed by atoms with E-state index in [4.69, 9.17) is 14.2 Å². The summed E-state index contributed by atoms with van der Waals surface area (Å²) in [5.74, 6) is 1.73. The number of hydrogen-bond acceptors (Lipinski definition) is 5. The van der Waals surface area contributed by atoms with Gasteiger partial charge in [0.15, 0.2) is 11.5 Å². The maximum atomic E-state index is 13.4. The van der Waals surface area contributed by atoms with Crippen molar-refractivity contribution in [2.45, 2.75) is 45.1 Å². The van der Waals surface area contributed by atoms with Gasteiger partial charge in [-0.15, -0.1) is 0 Å². The Morgan fingerprint density at radius 2 is 1.85 bits per heavy atom. The van der Waals surface area contributed by atoms with Crippen LogP contribution in [0.25, 0.3) is 10.9 Å². The molecule has 0 spiro atoms. The van der Waals surface area contributed by atoms with Gasteiger partial charge in [0.2, 0.25) is 0 Å². The van der Waals surface area contributed by atoms with Crippen LogP contribution < -0.4 is 19.8 Å². The highest BCUT2D eigenvalue weighted by atomic mass is 16.7. The summed E-state index contributed by atoms with van der Waals surface area (Å²) >= 11 is 0. The van der Waals surface area contributed by atoms with E-state index < -0.39 is 11.8 Å². The number of H-pyrrole nitrogens is 1. The maximum Gasteiger partial charge on any atom is 0.511 e. The van der Waals surface area contributed by atoms with E-state index in [2.05, 4.69) is 32.7 Å². The molecule has 178 valence electrons. The Morgan fingerprint density at radius 3 is 2.53 bits per heavy atom. The number of fused-ring (bicyclic) bond motifs is 5. The highest BCUT2D eigenvalue weighted by Gasteiger charge is 2.62. The molecular formula is C27H29NO6. The van der Waals surface area contributed by atoms with Gasteiger partial charge in [-0.3, -0.25) is 4.79 Å². The topological polar surface area (TPSA) is 97.9 Å². The molecule has 1 fully saturated rings. The van der Waals surface area contributed by atoms with Crippen LogP contribution in [0.2, 0.25) is 0 Å². The summed E-state index contributed by atoms with van der Waals surface area (Å²) < 4.78 is 16.9. The molecule has 0 saturated heterocycles. The van der Waals surface area contributed by atoms with E-state index in [1.165, 1.54) is 7.11 Å². The first-order valence-corrected chi connectivity index (χ1v) is 11.6. The minimum atomic E-state index is -1.40. The van der Waals surface area contributed by atoms with Gasteiger partial charge in [0.25, 0.3) is 5.56 Å². The van der Waals surface area contributed by atoms with E-state index in [9.17, 15) is 14.7 Å². The third-order valence-corrected chi connectivity index (χ3v) is 7.55. The number of carbonyl (C=O) groups is 1. The van der Waals surface area contributed by atoms with E-state index in [0.717, 1.165) is 16.5 Å². The van der Waals surface area contributed by atoms with Crippen molar-refractivity contribution < 1.29 is 24.1 Å². The summed E-state index contributed by atoms with van der Waals surface area (Å²) in [5.41, 5.74) is 1.72. The zero-order chi connectivity index (χ0) is 24.4. The minimum Gasteiger partial charge on any atom is -0.493 e. The minimum absolute atomic E-state index is 0.00348. The Bertz CT molecular complexity index is 1340. The van der Waals surface area contributed by atoms with Crippen molar-refractivity contribution in [2.24, 2.45) is 17.8 Å². The fourth-order valence-corrected chi connectivity index (χ4v) is 6.34. The van der Waals surface area contributed by atoms with Crippen LogP contribution in [0.15, 0.2) is 47.3 Å². The predicted octanol–water partition coefficient (Wildman–Crippen LogP) is 5.53. The normalized spacial score (nSPS) is 24.5. The van der Waals surface area contributed by atoms with Crippen molar-refractivity contribution in [3.63, 3.8) is 0 Å². The van der Waals surface area contributed by atoms with Crippen LogP contribution in [0.1, 0.15) is 50.7 Å². The molecule has 4 atom stereocenters. The molecule has 1 aliphatic heterocycles. The molecule has 7 heteroatoms. The zero-order valence-corrected chi connectivity index (χ0v) is 19.9. The lowest BCUT2D eigenvalue weighted by Gasteiger charge is -2.62. The van der Waals surface area contributed by atoms with Crippen molar-refractivity contribution in [3.8, 4) is 17.2 Å². The van der Waals surface area contributed by atoms with Crippen LogP contribution >= 0.6 is 0 Å². The second-order valence-electron chi connectivity index (χ2n) is 10.1. The van der Waals surface area contributed by atoms with Gasteiger partial charge in [-0.05, 0) is 61.4 Å². The molecule has 0 bridgehead atoms. The number of ether oxygens (including phenoxy) is 3. The van der Waals surface area contributed by atoms with Crippen LogP contribution in [-0.2, 0) is 0 Å². The Morgan fingerprint density at radius 1 is 1.12 bits per heavy atom. The van der Waals surface area contributed by atoms with Gasteiger partial charge in [-0.2, -0.15) is 0 Å². The lowest BCUT2D eigenvalue weighted by molar-refractivity contribution is -0.104. The number of aromatic nitrogens is 1. The summed E-state index contributed by atoms with van der Waals surface area (Å²) in [5, 5.41) is 10.1.